The van der Waals surface area contributed by atoms with Gasteiger partial charge in [0.2, 0.25) is 0 Å². The van der Waals surface area contributed by atoms with Crippen molar-refractivity contribution in [2.75, 3.05) is 0 Å². The number of aromatic nitrogens is 3. The molecule has 0 spiro atoms. The Bertz CT molecular complexity index is 1970. The minimum Gasteiger partial charge on any atom is -0.291 e. The number of fused-ring (bicyclic) bond motifs is 2. The highest BCUT2D eigenvalue weighted by molar-refractivity contribution is 7.98. The Hall–Kier alpha value is -3.80. The summed E-state index contributed by atoms with van der Waals surface area (Å²) in [5, 5.41) is 4.90. The predicted octanol–water partition coefficient (Wildman–Crippen LogP) is 7.35. The maximum Gasteiger partial charge on any atom is 0.251 e. The van der Waals surface area contributed by atoms with E-state index in [1.165, 1.54) is 48.7 Å². The monoisotopic (exact) mass is 668 g/mol. The van der Waals surface area contributed by atoms with Gasteiger partial charge in [-0.2, -0.15) is 5.10 Å². The highest BCUT2D eigenvalue weighted by Gasteiger charge is 2.56. The summed E-state index contributed by atoms with van der Waals surface area (Å²) in [6.45, 7) is 0. The third-order valence-electron chi connectivity index (χ3n) is 9.41. The SMILES string of the molecule is C=S(=O)(c1ccc(F)cc1)N(C1CC(F)(F)C1)[C@H]1CCC2=Cc3c(cnn3-c3ccc(F)cc3)C[C@]2(C(=O)c2cc(Cl)ccn2)C1. The van der Waals surface area contributed by atoms with E-state index in [1.54, 1.807) is 33.4 Å². The fourth-order valence-corrected chi connectivity index (χ4v) is 9.48. The number of halogens is 5. The van der Waals surface area contributed by atoms with Gasteiger partial charge in [-0.25, -0.2) is 30.8 Å². The third kappa shape index (κ3) is 5.28. The van der Waals surface area contributed by atoms with E-state index < -0.39 is 51.8 Å². The molecule has 0 saturated heterocycles. The molecule has 0 radical (unpaired) electrons. The summed E-state index contributed by atoms with van der Waals surface area (Å²) in [6.07, 6.45) is 5.25. The third-order valence-corrected chi connectivity index (χ3v) is 11.9. The zero-order valence-corrected chi connectivity index (χ0v) is 26.1. The molecule has 2 aromatic carbocycles. The van der Waals surface area contributed by atoms with Gasteiger partial charge in [0.15, 0.2) is 5.78 Å². The van der Waals surface area contributed by atoms with E-state index in [1.807, 2.05) is 6.08 Å². The van der Waals surface area contributed by atoms with Crippen LogP contribution >= 0.6 is 11.6 Å². The first-order valence-electron chi connectivity index (χ1n) is 14.9. The fraction of sp³-hybridized carbons (Fsp3) is 0.294. The molecule has 2 heterocycles. The van der Waals surface area contributed by atoms with E-state index in [9.17, 15) is 26.6 Å². The molecule has 1 unspecified atom stereocenters. The van der Waals surface area contributed by atoms with Crippen molar-refractivity contribution in [3.63, 3.8) is 0 Å². The second-order valence-corrected chi connectivity index (χ2v) is 14.9. The quantitative estimate of drug-likeness (QED) is 0.117. The Morgan fingerprint density at radius 2 is 1.67 bits per heavy atom. The van der Waals surface area contributed by atoms with Crippen LogP contribution in [0.25, 0.3) is 11.8 Å². The lowest BCUT2D eigenvalue weighted by molar-refractivity contribution is -0.115. The van der Waals surface area contributed by atoms with E-state index in [2.05, 4.69) is 16.0 Å². The van der Waals surface area contributed by atoms with E-state index in [0.29, 0.717) is 23.6 Å². The van der Waals surface area contributed by atoms with Crippen LogP contribution in [0.2, 0.25) is 5.02 Å². The molecule has 0 N–H and O–H groups in total. The van der Waals surface area contributed by atoms with Gasteiger partial charge in [-0.1, -0.05) is 17.2 Å². The van der Waals surface area contributed by atoms with Gasteiger partial charge in [0.25, 0.3) is 5.92 Å². The number of nitrogens with zero attached hydrogens (tertiary/aromatic N) is 4. The molecular formula is C34H29ClF4N4O2S. The van der Waals surface area contributed by atoms with Gasteiger partial charge in [-0.3, -0.25) is 9.78 Å². The van der Waals surface area contributed by atoms with E-state index >= 15 is 0 Å². The first-order chi connectivity index (χ1) is 21.9. The topological polar surface area (TPSA) is 68.1 Å². The zero-order valence-electron chi connectivity index (χ0n) is 24.5. The average molecular weight is 669 g/mol. The summed E-state index contributed by atoms with van der Waals surface area (Å²) in [5.74, 6) is -0.0654. The Morgan fingerprint density at radius 3 is 2.33 bits per heavy atom. The number of pyridine rings is 1. The van der Waals surface area contributed by atoms with Crippen LogP contribution in [0.15, 0.2) is 83.5 Å². The highest BCUT2D eigenvalue weighted by Crippen LogP contribution is 2.53. The molecule has 4 aromatic rings. The number of ketones is 1. The summed E-state index contributed by atoms with van der Waals surface area (Å²) in [5.41, 5.74) is 1.96. The van der Waals surface area contributed by atoms with Gasteiger partial charge in [0, 0.05) is 41.0 Å². The van der Waals surface area contributed by atoms with E-state index in [-0.39, 0.29) is 35.0 Å². The summed E-state index contributed by atoms with van der Waals surface area (Å²) >= 11 is 6.28. The molecule has 3 atom stereocenters. The first kappa shape index (κ1) is 30.8. The van der Waals surface area contributed by atoms with Crippen LogP contribution in [0.4, 0.5) is 17.6 Å². The number of rotatable bonds is 7. The number of carbonyl (C=O) groups is 1. The smallest absolute Gasteiger partial charge is 0.251 e. The van der Waals surface area contributed by atoms with Crippen molar-refractivity contribution in [2.24, 2.45) is 5.41 Å². The fourth-order valence-electron chi connectivity index (χ4n) is 7.22. The van der Waals surface area contributed by atoms with Crippen molar-refractivity contribution in [2.45, 2.75) is 61.4 Å². The van der Waals surface area contributed by atoms with Crippen LogP contribution in [-0.4, -0.2) is 52.9 Å². The lowest BCUT2D eigenvalue weighted by atomic mass is 9.60. The maximum atomic E-state index is 14.6. The molecule has 0 bridgehead atoms. The van der Waals surface area contributed by atoms with E-state index in [0.717, 1.165) is 16.8 Å². The summed E-state index contributed by atoms with van der Waals surface area (Å²) < 4.78 is 74.0. The Kier molecular flexibility index (Phi) is 7.49. The van der Waals surface area contributed by atoms with Crippen molar-refractivity contribution >= 4 is 39.0 Å². The van der Waals surface area contributed by atoms with Crippen molar-refractivity contribution in [3.8, 4) is 5.69 Å². The van der Waals surface area contributed by atoms with Crippen LogP contribution in [0.1, 0.15) is 53.8 Å². The number of carbonyl (C=O) groups excluding carboxylic acids is 1. The first-order valence-corrected chi connectivity index (χ1v) is 16.9. The molecule has 238 valence electrons. The van der Waals surface area contributed by atoms with Gasteiger partial charge in [0.1, 0.15) is 17.3 Å². The molecule has 0 amide bonds. The maximum absolute atomic E-state index is 14.6. The van der Waals surface area contributed by atoms with Crippen molar-refractivity contribution in [1.29, 1.82) is 0 Å². The van der Waals surface area contributed by atoms with Gasteiger partial charge in [-0.05, 0) is 104 Å². The molecule has 3 aliphatic carbocycles. The number of hydrogen-bond donors (Lipinski definition) is 0. The second-order valence-electron chi connectivity index (χ2n) is 12.3. The molecule has 2 saturated carbocycles. The molecule has 46 heavy (non-hydrogen) atoms. The second kappa shape index (κ2) is 11.2. The lowest BCUT2D eigenvalue weighted by Crippen LogP contribution is -2.59. The molecule has 3 aliphatic rings. The van der Waals surface area contributed by atoms with Gasteiger partial charge in [-0.15, -0.1) is 0 Å². The number of benzene rings is 2. The number of Topliss-reactive ketones (excluding diaryl/α,β-unsaturated/α-hetero) is 1. The van der Waals surface area contributed by atoms with Crippen molar-refractivity contribution in [1.82, 2.24) is 19.1 Å². The highest BCUT2D eigenvalue weighted by atomic mass is 35.5. The minimum atomic E-state index is -3.37. The lowest BCUT2D eigenvalue weighted by Gasteiger charge is -2.52. The van der Waals surface area contributed by atoms with Gasteiger partial charge >= 0.3 is 0 Å². The standard InChI is InChI=1S/C34H29ClF4N4O2S/c1-46(45,29-10-5-25(37)6-11-29)43(28-18-34(38,39)19-28)27-7-2-22-14-31-21(20-41-42(31)26-8-3-24(36)4-9-26)16-33(22,17-27)32(44)30-15-23(35)12-13-40-30/h3-6,8-15,20,27-28H,1-2,7,16-19H2/t27-,33-,46?/m0/s1. The molecular weight excluding hydrogens is 640 g/mol. The molecule has 7 rings (SSSR count). The zero-order chi connectivity index (χ0) is 32.4. The number of hydrogen-bond acceptors (Lipinski definition) is 4. The molecule has 0 aliphatic heterocycles. The summed E-state index contributed by atoms with van der Waals surface area (Å²) in [4.78, 5) is 19.2. The normalized spacial score (nSPS) is 23.5. The molecule has 2 aromatic heterocycles. The molecule has 2 fully saturated rings. The van der Waals surface area contributed by atoms with Crippen molar-refractivity contribution < 1.29 is 26.6 Å². The van der Waals surface area contributed by atoms with Crippen LogP contribution in [0.5, 0.6) is 0 Å². The van der Waals surface area contributed by atoms with E-state index in [4.69, 9.17) is 11.6 Å². The van der Waals surface area contributed by atoms with Crippen LogP contribution in [0, 0.1) is 17.0 Å². The van der Waals surface area contributed by atoms with Crippen LogP contribution in [0.3, 0.4) is 0 Å². The Labute approximate surface area is 268 Å². The Morgan fingerprint density at radius 1 is 1.00 bits per heavy atom. The van der Waals surface area contributed by atoms with Crippen LogP contribution in [-0.2, 0) is 16.1 Å². The largest absolute Gasteiger partial charge is 0.291 e. The van der Waals surface area contributed by atoms with Crippen molar-refractivity contribution in [3.05, 3.63) is 112 Å². The molecule has 6 nitrogen and oxygen atoms in total. The summed E-state index contributed by atoms with van der Waals surface area (Å²) in [7, 11) is -3.37. The average Bonchev–Trinajstić information content (AvgIpc) is 3.41. The predicted molar refractivity (Wildman–Crippen MR) is 169 cm³/mol. The van der Waals surface area contributed by atoms with Crippen LogP contribution < -0.4 is 0 Å². The molecule has 12 heteroatoms. The Balaban J connectivity index is 1.33. The number of allylic oxidation sites excluding steroid dienone is 1. The summed E-state index contributed by atoms with van der Waals surface area (Å²) in [6, 6.07) is 12.8. The van der Waals surface area contributed by atoms with Gasteiger partial charge in [0.05, 0.1) is 32.7 Å². The minimum absolute atomic E-state index is 0.156. The number of alkyl halides is 2. The van der Waals surface area contributed by atoms with Gasteiger partial charge < -0.3 is 0 Å².